The zero-order valence-electron chi connectivity index (χ0n) is 9.54. The molecule has 0 N–H and O–H groups in total. The summed E-state index contributed by atoms with van der Waals surface area (Å²) in [5.41, 5.74) is 0.981. The summed E-state index contributed by atoms with van der Waals surface area (Å²) in [6.45, 7) is 0. The predicted molar refractivity (Wildman–Crippen MR) is 70.9 cm³/mol. The van der Waals surface area contributed by atoms with Crippen molar-refractivity contribution in [3.63, 3.8) is 0 Å². The van der Waals surface area contributed by atoms with Crippen LogP contribution in [0, 0.1) is 10.1 Å². The van der Waals surface area contributed by atoms with Crippen LogP contribution >= 0.6 is 23.4 Å². The Morgan fingerprint density at radius 2 is 2.22 bits per heavy atom. The van der Waals surface area contributed by atoms with Crippen molar-refractivity contribution in [2.75, 3.05) is 0 Å². The number of halogens is 1. The highest BCUT2D eigenvalue weighted by molar-refractivity contribution is 7.98. The molecule has 0 aliphatic carbocycles. The van der Waals surface area contributed by atoms with E-state index in [9.17, 15) is 10.1 Å². The highest BCUT2D eigenvalue weighted by Gasteiger charge is 2.16. The molecule has 0 saturated heterocycles. The first-order valence-electron chi connectivity index (χ1n) is 5.12. The maximum atomic E-state index is 10.7. The third kappa shape index (κ3) is 2.65. The van der Waals surface area contributed by atoms with Crippen LogP contribution in [0.15, 0.2) is 35.6 Å². The van der Waals surface area contributed by atoms with Gasteiger partial charge in [-0.2, -0.15) is 0 Å². The molecule has 5 nitrogen and oxygen atoms in total. The Balaban J connectivity index is 2.12. The van der Waals surface area contributed by atoms with Gasteiger partial charge < -0.3 is 10.1 Å². The fourth-order valence-corrected chi connectivity index (χ4v) is 2.68. The van der Waals surface area contributed by atoms with Gasteiger partial charge in [-0.3, -0.25) is 0 Å². The molecule has 0 saturated carbocycles. The molecule has 18 heavy (non-hydrogen) atoms. The van der Waals surface area contributed by atoms with Crippen LogP contribution in [0.3, 0.4) is 0 Å². The van der Waals surface area contributed by atoms with Gasteiger partial charge in [0.1, 0.15) is 6.20 Å². The van der Waals surface area contributed by atoms with Crippen LogP contribution in [0.4, 0.5) is 5.82 Å². The average Bonchev–Trinajstić information content (AvgIpc) is 2.70. The SMILES string of the molecule is Cn1c([N+](=O)[O-])cnc1SCc1ccccc1Cl. The molecule has 0 atom stereocenters. The first kappa shape index (κ1) is 12.9. The molecule has 0 bridgehead atoms. The van der Waals surface area contributed by atoms with Gasteiger partial charge in [-0.05, 0) is 16.6 Å². The van der Waals surface area contributed by atoms with Gasteiger partial charge in [0.25, 0.3) is 5.16 Å². The van der Waals surface area contributed by atoms with Crippen molar-refractivity contribution < 1.29 is 4.92 Å². The quantitative estimate of drug-likeness (QED) is 0.491. The van der Waals surface area contributed by atoms with Crippen LogP contribution < -0.4 is 0 Å². The van der Waals surface area contributed by atoms with E-state index >= 15 is 0 Å². The number of nitro groups is 1. The summed E-state index contributed by atoms with van der Waals surface area (Å²) >= 11 is 7.45. The zero-order valence-corrected chi connectivity index (χ0v) is 11.1. The van der Waals surface area contributed by atoms with Crippen molar-refractivity contribution in [3.05, 3.63) is 51.2 Å². The lowest BCUT2D eigenvalue weighted by atomic mass is 10.2. The number of nitrogens with zero attached hydrogens (tertiary/aromatic N) is 3. The summed E-state index contributed by atoms with van der Waals surface area (Å²) in [7, 11) is 1.63. The van der Waals surface area contributed by atoms with Crippen LogP contribution in [-0.2, 0) is 12.8 Å². The number of hydrogen-bond acceptors (Lipinski definition) is 4. The lowest BCUT2D eigenvalue weighted by Crippen LogP contribution is -1.98. The van der Waals surface area contributed by atoms with E-state index in [4.69, 9.17) is 11.6 Å². The smallest absolute Gasteiger partial charge is 0.343 e. The van der Waals surface area contributed by atoms with E-state index in [2.05, 4.69) is 4.98 Å². The summed E-state index contributed by atoms with van der Waals surface area (Å²) in [6, 6.07) is 7.51. The second kappa shape index (κ2) is 5.41. The fourth-order valence-electron chi connectivity index (χ4n) is 1.45. The normalized spacial score (nSPS) is 10.6. The topological polar surface area (TPSA) is 61.0 Å². The minimum Gasteiger partial charge on any atom is -0.358 e. The van der Waals surface area contributed by atoms with E-state index < -0.39 is 4.92 Å². The summed E-state index contributed by atoms with van der Waals surface area (Å²) in [5.74, 6) is 0.610. The molecule has 1 aromatic heterocycles. The Morgan fingerprint density at radius 3 is 2.83 bits per heavy atom. The van der Waals surface area contributed by atoms with Gasteiger partial charge >= 0.3 is 5.82 Å². The van der Waals surface area contributed by atoms with Crippen LogP contribution in [-0.4, -0.2) is 14.5 Å². The first-order valence-corrected chi connectivity index (χ1v) is 6.48. The minimum atomic E-state index is -0.452. The number of thioether (sulfide) groups is 1. The second-order valence-electron chi connectivity index (χ2n) is 3.60. The third-order valence-electron chi connectivity index (χ3n) is 2.42. The van der Waals surface area contributed by atoms with Crippen molar-refractivity contribution in [3.8, 4) is 0 Å². The van der Waals surface area contributed by atoms with Gasteiger partial charge in [0.05, 0.1) is 7.05 Å². The van der Waals surface area contributed by atoms with E-state index in [-0.39, 0.29) is 5.82 Å². The van der Waals surface area contributed by atoms with Crippen molar-refractivity contribution in [2.45, 2.75) is 10.9 Å². The number of hydrogen-bond donors (Lipinski definition) is 0. The standard InChI is InChI=1S/C11H10ClN3O2S/c1-14-10(15(16)17)6-13-11(14)18-7-8-4-2-3-5-9(8)12/h2-6H,7H2,1H3. The monoisotopic (exact) mass is 283 g/mol. The first-order chi connectivity index (χ1) is 8.59. The second-order valence-corrected chi connectivity index (χ2v) is 4.94. The van der Waals surface area contributed by atoms with Crippen molar-refractivity contribution in [1.29, 1.82) is 0 Å². The van der Waals surface area contributed by atoms with Gasteiger partial charge in [0, 0.05) is 10.8 Å². The van der Waals surface area contributed by atoms with Gasteiger partial charge in [0.2, 0.25) is 0 Å². The fraction of sp³-hybridized carbons (Fsp3) is 0.182. The van der Waals surface area contributed by atoms with Gasteiger partial charge in [-0.25, -0.2) is 9.55 Å². The molecule has 0 aliphatic rings. The van der Waals surface area contributed by atoms with Crippen molar-refractivity contribution in [1.82, 2.24) is 9.55 Å². The average molecular weight is 284 g/mol. The van der Waals surface area contributed by atoms with Crippen molar-refractivity contribution in [2.24, 2.45) is 7.05 Å². The Kier molecular flexibility index (Phi) is 3.88. The highest BCUT2D eigenvalue weighted by atomic mass is 35.5. The molecule has 1 heterocycles. The lowest BCUT2D eigenvalue weighted by molar-refractivity contribution is -0.392. The molecule has 7 heteroatoms. The van der Waals surface area contributed by atoms with E-state index in [0.29, 0.717) is 15.9 Å². The van der Waals surface area contributed by atoms with Crippen LogP contribution in [0.2, 0.25) is 5.02 Å². The molecule has 0 spiro atoms. The van der Waals surface area contributed by atoms with Gasteiger partial charge in [0.15, 0.2) is 0 Å². The van der Waals surface area contributed by atoms with Gasteiger partial charge in [-0.15, -0.1) is 0 Å². The molecule has 94 valence electrons. The Bertz CT molecular complexity index is 585. The third-order valence-corrected chi connectivity index (χ3v) is 3.88. The van der Waals surface area contributed by atoms with Crippen LogP contribution in [0.1, 0.15) is 5.56 Å². The number of imidazole rings is 1. The van der Waals surface area contributed by atoms with E-state index in [1.165, 1.54) is 22.5 Å². The molecular weight excluding hydrogens is 274 g/mol. The van der Waals surface area contributed by atoms with Crippen molar-refractivity contribution >= 4 is 29.2 Å². The zero-order chi connectivity index (χ0) is 13.1. The summed E-state index contributed by atoms with van der Waals surface area (Å²) in [5, 5.41) is 12.0. The van der Waals surface area contributed by atoms with E-state index in [0.717, 1.165) is 5.56 Å². The highest BCUT2D eigenvalue weighted by Crippen LogP contribution is 2.27. The summed E-state index contributed by atoms with van der Waals surface area (Å²) in [4.78, 5) is 14.2. The minimum absolute atomic E-state index is 0.0170. The number of aromatic nitrogens is 2. The van der Waals surface area contributed by atoms with Gasteiger partial charge in [-0.1, -0.05) is 41.6 Å². The molecule has 0 radical (unpaired) electrons. The maximum absolute atomic E-state index is 10.7. The molecule has 0 fully saturated rings. The lowest BCUT2D eigenvalue weighted by Gasteiger charge is -2.02. The predicted octanol–water partition coefficient (Wildman–Crippen LogP) is 3.27. The Labute approximate surface area is 113 Å². The molecule has 0 aliphatic heterocycles. The molecule has 2 rings (SSSR count). The molecule has 2 aromatic rings. The van der Waals surface area contributed by atoms with Crippen LogP contribution in [0.5, 0.6) is 0 Å². The summed E-state index contributed by atoms with van der Waals surface area (Å²) < 4.78 is 1.46. The molecular formula is C11H10ClN3O2S. The number of benzene rings is 1. The summed E-state index contributed by atoms with van der Waals surface area (Å²) in [6.07, 6.45) is 1.26. The largest absolute Gasteiger partial charge is 0.358 e. The number of rotatable bonds is 4. The molecule has 1 aromatic carbocycles. The van der Waals surface area contributed by atoms with E-state index in [1.807, 2.05) is 24.3 Å². The van der Waals surface area contributed by atoms with E-state index in [1.54, 1.807) is 7.05 Å². The molecule has 0 amide bonds. The molecule has 0 unspecified atom stereocenters. The Hall–Kier alpha value is -1.53. The van der Waals surface area contributed by atoms with Crippen LogP contribution in [0.25, 0.3) is 0 Å². The Morgan fingerprint density at radius 1 is 1.50 bits per heavy atom. The maximum Gasteiger partial charge on any atom is 0.343 e.